The van der Waals surface area contributed by atoms with Crippen molar-refractivity contribution in [3.8, 4) is 11.8 Å². The van der Waals surface area contributed by atoms with Crippen LogP contribution in [0.2, 0.25) is 0 Å². The van der Waals surface area contributed by atoms with Gasteiger partial charge in [-0.15, -0.1) is 0 Å². The molecule has 1 aromatic rings. The molecule has 0 unspecified atom stereocenters. The van der Waals surface area contributed by atoms with Crippen molar-refractivity contribution in [2.24, 2.45) is 0 Å². The van der Waals surface area contributed by atoms with Crippen molar-refractivity contribution in [1.82, 2.24) is 0 Å². The first-order valence-electron chi connectivity index (χ1n) is 4.27. The third-order valence-electron chi connectivity index (χ3n) is 2.01. The topological polar surface area (TPSA) is 33.0 Å². The van der Waals surface area contributed by atoms with Gasteiger partial charge in [0.05, 0.1) is 12.7 Å². The fraction of sp³-hybridized carbons (Fsp3) is 0.364. The molecule has 2 heteroatoms. The lowest BCUT2D eigenvalue weighted by Crippen LogP contribution is -1.92. The smallest absolute Gasteiger partial charge is 0.136 e. The summed E-state index contributed by atoms with van der Waals surface area (Å²) in [5.74, 6) is 1.09. The summed E-state index contributed by atoms with van der Waals surface area (Å²) in [6, 6.07) is 7.83. The lowest BCUT2D eigenvalue weighted by molar-refractivity contribution is 0.413. The third kappa shape index (κ3) is 2.00. The van der Waals surface area contributed by atoms with E-state index in [0.29, 0.717) is 17.2 Å². The first kappa shape index (κ1) is 9.60. The number of benzene rings is 1. The Morgan fingerprint density at radius 1 is 1.38 bits per heavy atom. The van der Waals surface area contributed by atoms with Crippen molar-refractivity contribution < 1.29 is 4.74 Å². The van der Waals surface area contributed by atoms with E-state index in [-0.39, 0.29) is 0 Å². The summed E-state index contributed by atoms with van der Waals surface area (Å²) in [6.07, 6.45) is 0. The number of nitrogens with zero attached hydrogens (tertiary/aromatic N) is 1. The Balaban J connectivity index is 3.15. The van der Waals surface area contributed by atoms with Crippen molar-refractivity contribution in [2.75, 3.05) is 7.11 Å². The molecular weight excluding hydrogens is 162 g/mol. The van der Waals surface area contributed by atoms with E-state index < -0.39 is 0 Å². The molecule has 0 aliphatic carbocycles. The van der Waals surface area contributed by atoms with Gasteiger partial charge in [0.25, 0.3) is 0 Å². The molecule has 1 aromatic carbocycles. The first-order valence-corrected chi connectivity index (χ1v) is 4.27. The van der Waals surface area contributed by atoms with Gasteiger partial charge in [-0.05, 0) is 23.6 Å². The summed E-state index contributed by atoms with van der Waals surface area (Å²) >= 11 is 0. The third-order valence-corrected chi connectivity index (χ3v) is 2.01. The van der Waals surface area contributed by atoms with Gasteiger partial charge in [-0.2, -0.15) is 5.26 Å². The van der Waals surface area contributed by atoms with Gasteiger partial charge in [-0.3, -0.25) is 0 Å². The quantitative estimate of drug-likeness (QED) is 0.692. The minimum absolute atomic E-state index is 0.443. The zero-order chi connectivity index (χ0) is 9.84. The van der Waals surface area contributed by atoms with E-state index >= 15 is 0 Å². The lowest BCUT2D eigenvalue weighted by atomic mass is 10.0. The molecule has 0 bridgehead atoms. The minimum atomic E-state index is 0.443. The van der Waals surface area contributed by atoms with Gasteiger partial charge in [0.15, 0.2) is 0 Å². The Morgan fingerprint density at radius 2 is 2.08 bits per heavy atom. The number of rotatable bonds is 2. The van der Waals surface area contributed by atoms with E-state index in [2.05, 4.69) is 19.9 Å². The lowest BCUT2D eigenvalue weighted by Gasteiger charge is -2.07. The number of nitriles is 1. The van der Waals surface area contributed by atoms with Crippen LogP contribution >= 0.6 is 0 Å². The van der Waals surface area contributed by atoms with Gasteiger partial charge in [0.1, 0.15) is 11.8 Å². The van der Waals surface area contributed by atoms with E-state index in [1.807, 2.05) is 18.2 Å². The molecule has 0 spiro atoms. The van der Waals surface area contributed by atoms with Crippen LogP contribution in [-0.4, -0.2) is 7.11 Å². The van der Waals surface area contributed by atoms with E-state index in [4.69, 9.17) is 10.00 Å². The number of hydrogen-bond acceptors (Lipinski definition) is 2. The van der Waals surface area contributed by atoms with Crippen molar-refractivity contribution in [3.63, 3.8) is 0 Å². The van der Waals surface area contributed by atoms with E-state index in [1.54, 1.807) is 7.11 Å². The Bertz CT molecular complexity index is 336. The zero-order valence-corrected chi connectivity index (χ0v) is 8.16. The number of methoxy groups -OCH3 is 1. The second-order valence-electron chi connectivity index (χ2n) is 3.23. The predicted molar refractivity (Wildman–Crippen MR) is 51.8 cm³/mol. The summed E-state index contributed by atoms with van der Waals surface area (Å²) in [5, 5.41) is 8.83. The molecule has 2 nitrogen and oxygen atoms in total. The molecule has 13 heavy (non-hydrogen) atoms. The highest BCUT2D eigenvalue weighted by atomic mass is 16.5. The molecule has 0 N–H and O–H groups in total. The van der Waals surface area contributed by atoms with E-state index in [0.717, 1.165) is 5.56 Å². The van der Waals surface area contributed by atoms with Crippen molar-refractivity contribution in [1.29, 1.82) is 5.26 Å². The maximum atomic E-state index is 8.83. The van der Waals surface area contributed by atoms with Crippen molar-refractivity contribution >= 4 is 0 Å². The molecule has 0 saturated carbocycles. The molecule has 0 fully saturated rings. The average Bonchev–Trinajstić information content (AvgIpc) is 2.16. The molecule has 0 heterocycles. The van der Waals surface area contributed by atoms with Gasteiger partial charge < -0.3 is 4.74 Å². The highest BCUT2D eigenvalue weighted by molar-refractivity contribution is 5.45. The van der Waals surface area contributed by atoms with Gasteiger partial charge in [-0.25, -0.2) is 0 Å². The van der Waals surface area contributed by atoms with E-state index in [1.165, 1.54) is 0 Å². The first-order chi connectivity index (χ1) is 6.19. The molecule has 0 aliphatic rings. The molecule has 0 amide bonds. The summed E-state index contributed by atoms with van der Waals surface area (Å²) in [5.41, 5.74) is 1.77. The van der Waals surface area contributed by atoms with Crippen LogP contribution in [0.1, 0.15) is 30.9 Å². The van der Waals surface area contributed by atoms with Crippen molar-refractivity contribution in [3.05, 3.63) is 29.3 Å². The fourth-order valence-corrected chi connectivity index (χ4v) is 1.17. The summed E-state index contributed by atoms with van der Waals surface area (Å²) in [4.78, 5) is 0. The van der Waals surface area contributed by atoms with Crippen LogP contribution in [0, 0.1) is 11.3 Å². The van der Waals surface area contributed by atoms with Crippen LogP contribution in [0.15, 0.2) is 18.2 Å². The van der Waals surface area contributed by atoms with Crippen LogP contribution in [0.5, 0.6) is 5.75 Å². The van der Waals surface area contributed by atoms with E-state index in [9.17, 15) is 0 Å². The summed E-state index contributed by atoms with van der Waals surface area (Å²) < 4.78 is 5.05. The second-order valence-corrected chi connectivity index (χ2v) is 3.23. The highest BCUT2D eigenvalue weighted by Crippen LogP contribution is 2.22. The average molecular weight is 175 g/mol. The fourth-order valence-electron chi connectivity index (χ4n) is 1.17. The second kappa shape index (κ2) is 3.95. The van der Waals surface area contributed by atoms with Crippen LogP contribution in [0.3, 0.4) is 0 Å². The molecule has 0 radical (unpaired) electrons. The van der Waals surface area contributed by atoms with Gasteiger partial charge in [-0.1, -0.05) is 19.9 Å². The van der Waals surface area contributed by atoms with Crippen molar-refractivity contribution in [2.45, 2.75) is 19.8 Å². The largest absolute Gasteiger partial charge is 0.495 e. The molecule has 0 aliphatic heterocycles. The Labute approximate surface area is 78.8 Å². The SMILES string of the molecule is COc1ccc(C(C)C)cc1C#N. The predicted octanol–water partition coefficient (Wildman–Crippen LogP) is 2.69. The van der Waals surface area contributed by atoms with Crippen LogP contribution in [0.4, 0.5) is 0 Å². The monoisotopic (exact) mass is 175 g/mol. The van der Waals surface area contributed by atoms with Crippen LogP contribution in [-0.2, 0) is 0 Å². The molecule has 0 saturated heterocycles. The summed E-state index contributed by atoms with van der Waals surface area (Å²) in [6.45, 7) is 4.20. The molecular formula is C11H13NO. The Hall–Kier alpha value is -1.49. The number of ether oxygens (including phenoxy) is 1. The maximum absolute atomic E-state index is 8.83. The summed E-state index contributed by atoms with van der Waals surface area (Å²) in [7, 11) is 1.57. The molecule has 1 rings (SSSR count). The highest BCUT2D eigenvalue weighted by Gasteiger charge is 2.05. The minimum Gasteiger partial charge on any atom is -0.495 e. The molecule has 0 aromatic heterocycles. The Kier molecular flexibility index (Phi) is 2.92. The van der Waals surface area contributed by atoms with Gasteiger partial charge in [0.2, 0.25) is 0 Å². The number of hydrogen-bond donors (Lipinski definition) is 0. The maximum Gasteiger partial charge on any atom is 0.136 e. The Morgan fingerprint density at radius 3 is 2.54 bits per heavy atom. The molecule has 0 atom stereocenters. The van der Waals surface area contributed by atoms with Crippen LogP contribution in [0.25, 0.3) is 0 Å². The molecule has 68 valence electrons. The van der Waals surface area contributed by atoms with Gasteiger partial charge in [0, 0.05) is 0 Å². The van der Waals surface area contributed by atoms with Gasteiger partial charge >= 0.3 is 0 Å². The zero-order valence-electron chi connectivity index (χ0n) is 8.16. The normalized spacial score (nSPS) is 9.77. The standard InChI is InChI=1S/C11H13NO/c1-8(2)9-4-5-11(13-3)10(6-9)7-12/h4-6,8H,1-3H3. The van der Waals surface area contributed by atoms with Crippen LogP contribution < -0.4 is 4.74 Å².